The molecule has 8 nitrogen and oxygen atoms in total. The number of halogens is 8. The van der Waals surface area contributed by atoms with Crippen molar-refractivity contribution in [1.82, 2.24) is 15.2 Å². The molecule has 1 aromatic carbocycles. The molecule has 0 spiro atoms. The first-order valence-electron chi connectivity index (χ1n) is 12.8. The van der Waals surface area contributed by atoms with E-state index in [0.29, 0.717) is 12.8 Å². The molecular formula is C26H26ClF7N6O2. The van der Waals surface area contributed by atoms with Gasteiger partial charge < -0.3 is 21.3 Å². The molecule has 2 heterocycles. The first kappa shape index (κ1) is 31.3. The molecule has 2 atom stereocenters. The van der Waals surface area contributed by atoms with E-state index in [4.69, 9.17) is 17.3 Å². The number of likely N-dealkylation sites (tertiary alicyclic amines) is 1. The Bertz CT molecular complexity index is 1440. The van der Waals surface area contributed by atoms with E-state index in [1.165, 1.54) is 11.8 Å². The average Bonchev–Trinajstić information content (AvgIpc) is 3.71. The molecule has 4 N–H and O–H groups in total. The number of rotatable bonds is 7. The number of nitrogens with two attached hydrogens (primary N) is 1. The lowest BCUT2D eigenvalue weighted by Crippen LogP contribution is -2.56. The molecule has 1 saturated carbocycles. The van der Waals surface area contributed by atoms with Crippen molar-refractivity contribution in [2.45, 2.75) is 50.6 Å². The van der Waals surface area contributed by atoms with Crippen LogP contribution in [0.1, 0.15) is 31.9 Å². The number of amides is 2. The van der Waals surface area contributed by atoms with Crippen molar-refractivity contribution in [3.8, 4) is 0 Å². The van der Waals surface area contributed by atoms with Crippen molar-refractivity contribution >= 4 is 46.2 Å². The van der Waals surface area contributed by atoms with E-state index >= 15 is 0 Å². The molecule has 0 bridgehead atoms. The third-order valence-electron chi connectivity index (χ3n) is 6.80. The van der Waals surface area contributed by atoms with Gasteiger partial charge in [0, 0.05) is 61.1 Å². The quantitative estimate of drug-likeness (QED) is 0.233. The summed E-state index contributed by atoms with van der Waals surface area (Å²) >= 11 is 5.88. The topological polar surface area (TPSA) is 113 Å². The number of allylic oxidation sites excluding steroid dienone is 1. The smallest absolute Gasteiger partial charge is 0.401 e. The zero-order chi connectivity index (χ0) is 31.0. The molecule has 2 aromatic rings. The SMILES string of the molecule is CC(=O)N1C[C@@H](NC(=O)/C(C=NCC(F)(F)F)=C(/N)C2CC2)C[C@@H](Nc2cc(C(F)(F)F)nc3cc(F)c(Cl)cc23)C1. The second-order valence-corrected chi connectivity index (χ2v) is 10.6. The number of carbonyl (C=O) groups excluding carboxylic acids is 2. The van der Waals surface area contributed by atoms with E-state index in [1.807, 2.05) is 0 Å². The number of pyridine rings is 1. The first-order chi connectivity index (χ1) is 19.5. The number of piperidine rings is 1. The maximum absolute atomic E-state index is 14.1. The number of alkyl halides is 6. The van der Waals surface area contributed by atoms with Crippen LogP contribution in [0.15, 0.2) is 34.5 Å². The summed E-state index contributed by atoms with van der Waals surface area (Å²) in [7, 11) is 0. The number of nitrogens with zero attached hydrogens (tertiary/aromatic N) is 3. The van der Waals surface area contributed by atoms with E-state index in [-0.39, 0.29) is 64.2 Å². The van der Waals surface area contributed by atoms with Crippen LogP contribution in [0.3, 0.4) is 0 Å². The van der Waals surface area contributed by atoms with Crippen LogP contribution in [0.2, 0.25) is 5.02 Å². The van der Waals surface area contributed by atoms with Gasteiger partial charge in [0.05, 0.1) is 16.1 Å². The first-order valence-corrected chi connectivity index (χ1v) is 13.2. The van der Waals surface area contributed by atoms with E-state index in [9.17, 15) is 40.3 Å². The van der Waals surface area contributed by atoms with Crippen molar-refractivity contribution in [3.05, 3.63) is 46.0 Å². The minimum Gasteiger partial charge on any atom is -0.401 e. The van der Waals surface area contributed by atoms with Gasteiger partial charge in [-0.2, -0.15) is 26.3 Å². The van der Waals surface area contributed by atoms with Crippen molar-refractivity contribution < 1.29 is 40.3 Å². The normalized spacial score (nSPS) is 20.5. The third-order valence-corrected chi connectivity index (χ3v) is 7.09. The molecule has 0 radical (unpaired) electrons. The number of aliphatic imine (C=N–C) groups is 1. The fraction of sp³-hybridized carbons (Fsp3) is 0.462. The van der Waals surface area contributed by atoms with Gasteiger partial charge in [-0.15, -0.1) is 0 Å². The lowest BCUT2D eigenvalue weighted by molar-refractivity contribution is -0.141. The minimum atomic E-state index is -4.85. The van der Waals surface area contributed by atoms with Gasteiger partial charge >= 0.3 is 12.4 Å². The molecule has 228 valence electrons. The van der Waals surface area contributed by atoms with Gasteiger partial charge in [0.2, 0.25) is 5.91 Å². The molecule has 2 aliphatic rings. The number of aromatic nitrogens is 1. The molecule has 1 aliphatic heterocycles. The van der Waals surface area contributed by atoms with Gasteiger partial charge in [-0.1, -0.05) is 11.6 Å². The van der Waals surface area contributed by atoms with Crippen LogP contribution in [0, 0.1) is 11.7 Å². The van der Waals surface area contributed by atoms with E-state index in [2.05, 4.69) is 20.6 Å². The highest BCUT2D eigenvalue weighted by Crippen LogP contribution is 2.36. The highest BCUT2D eigenvalue weighted by molar-refractivity contribution is 6.31. The number of benzene rings is 1. The molecule has 1 saturated heterocycles. The summed E-state index contributed by atoms with van der Waals surface area (Å²) in [6.07, 6.45) is -7.23. The molecule has 4 rings (SSSR count). The average molecular weight is 623 g/mol. The van der Waals surface area contributed by atoms with Crippen molar-refractivity contribution in [2.75, 3.05) is 25.0 Å². The summed E-state index contributed by atoms with van der Waals surface area (Å²) in [5.41, 5.74) is 4.25. The van der Waals surface area contributed by atoms with Crippen LogP contribution in [0.25, 0.3) is 10.9 Å². The molecule has 2 amide bonds. The standard InChI is InChI=1S/C26H26ClF7N6O2/c1-12(41)40-9-14(37-21-7-22(26(32,33)34)39-20-6-19(28)18(27)5-16(20)21)4-15(10-40)38-24(42)17(23(35)13-2-3-13)8-36-11-25(29,30)31/h5-8,13-15H,2-4,9-11,35H2,1H3,(H,37,39)(H,38,42)/b23-17+,36-8?/t14-,15+/m1/s1. The number of nitrogens with one attached hydrogen (secondary N) is 2. The summed E-state index contributed by atoms with van der Waals surface area (Å²) in [6.45, 7) is -0.171. The number of fused-ring (bicyclic) bond motifs is 1. The summed E-state index contributed by atoms with van der Waals surface area (Å²) in [5, 5.41) is 5.38. The zero-order valence-electron chi connectivity index (χ0n) is 22.0. The Balaban J connectivity index is 1.61. The van der Waals surface area contributed by atoms with Crippen LogP contribution < -0.4 is 16.4 Å². The molecule has 1 aromatic heterocycles. The van der Waals surface area contributed by atoms with Gasteiger partial charge in [0.25, 0.3) is 5.91 Å². The molecule has 2 fully saturated rings. The molecule has 16 heteroatoms. The highest BCUT2D eigenvalue weighted by atomic mass is 35.5. The van der Waals surface area contributed by atoms with Crippen molar-refractivity contribution in [2.24, 2.45) is 16.6 Å². The van der Waals surface area contributed by atoms with Crippen molar-refractivity contribution in [3.63, 3.8) is 0 Å². The highest BCUT2D eigenvalue weighted by Gasteiger charge is 2.36. The Morgan fingerprint density at radius 2 is 1.81 bits per heavy atom. The van der Waals surface area contributed by atoms with E-state index in [1.54, 1.807) is 0 Å². The summed E-state index contributed by atoms with van der Waals surface area (Å²) in [4.78, 5) is 33.6. The largest absolute Gasteiger partial charge is 0.433 e. The van der Waals surface area contributed by atoms with Crippen LogP contribution in [-0.2, 0) is 15.8 Å². The fourth-order valence-electron chi connectivity index (χ4n) is 4.65. The maximum atomic E-state index is 14.1. The lowest BCUT2D eigenvalue weighted by atomic mass is 9.99. The Morgan fingerprint density at radius 1 is 1.14 bits per heavy atom. The summed E-state index contributed by atoms with van der Waals surface area (Å²) in [5.74, 6) is -2.31. The Labute approximate surface area is 240 Å². The predicted molar refractivity (Wildman–Crippen MR) is 141 cm³/mol. The Kier molecular flexibility index (Phi) is 8.90. The second kappa shape index (κ2) is 11.9. The molecule has 42 heavy (non-hydrogen) atoms. The minimum absolute atomic E-state index is 0.0253. The number of anilines is 1. The predicted octanol–water partition coefficient (Wildman–Crippen LogP) is 4.82. The fourth-order valence-corrected chi connectivity index (χ4v) is 4.82. The Morgan fingerprint density at radius 3 is 2.40 bits per heavy atom. The number of carbonyl (C=O) groups is 2. The van der Waals surface area contributed by atoms with Gasteiger partial charge in [0.15, 0.2) is 0 Å². The van der Waals surface area contributed by atoms with Gasteiger partial charge in [0.1, 0.15) is 18.1 Å². The monoisotopic (exact) mass is 622 g/mol. The third kappa shape index (κ3) is 7.81. The maximum Gasteiger partial charge on any atom is 0.433 e. The number of hydrogen-bond acceptors (Lipinski definition) is 6. The van der Waals surface area contributed by atoms with Gasteiger partial charge in [-0.25, -0.2) is 9.37 Å². The molecular weight excluding hydrogens is 597 g/mol. The molecule has 0 unspecified atom stereocenters. The van der Waals surface area contributed by atoms with E-state index in [0.717, 1.165) is 24.4 Å². The number of hydrogen-bond donors (Lipinski definition) is 3. The van der Waals surface area contributed by atoms with Gasteiger partial charge in [-0.05, 0) is 37.3 Å². The van der Waals surface area contributed by atoms with Crippen molar-refractivity contribution in [1.29, 1.82) is 0 Å². The van der Waals surface area contributed by atoms with Crippen LogP contribution in [-0.4, -0.2) is 65.8 Å². The van der Waals surface area contributed by atoms with Crippen LogP contribution in [0.5, 0.6) is 0 Å². The lowest BCUT2D eigenvalue weighted by Gasteiger charge is -2.38. The Hall–Kier alpha value is -3.62. The van der Waals surface area contributed by atoms with Crippen LogP contribution in [0.4, 0.5) is 36.4 Å². The molecule has 1 aliphatic carbocycles. The van der Waals surface area contributed by atoms with Gasteiger partial charge in [-0.3, -0.25) is 14.6 Å². The van der Waals surface area contributed by atoms with Crippen LogP contribution >= 0.6 is 11.6 Å². The zero-order valence-corrected chi connectivity index (χ0v) is 22.8. The second-order valence-electron chi connectivity index (χ2n) is 10.2. The van der Waals surface area contributed by atoms with E-state index < -0.39 is 48.4 Å². The summed E-state index contributed by atoms with van der Waals surface area (Å²) < 4.78 is 92.7. The summed E-state index contributed by atoms with van der Waals surface area (Å²) in [6, 6.07) is 1.18.